The van der Waals surface area contributed by atoms with Crippen molar-refractivity contribution in [1.29, 1.82) is 0 Å². The summed E-state index contributed by atoms with van der Waals surface area (Å²) in [7, 11) is 0. The molecule has 57 heavy (non-hydrogen) atoms. The molecular formula is C55H39NO. The van der Waals surface area contributed by atoms with Crippen molar-refractivity contribution >= 4 is 49.8 Å². The van der Waals surface area contributed by atoms with Crippen molar-refractivity contribution < 1.29 is 4.42 Å². The molecule has 2 heteroatoms. The van der Waals surface area contributed by atoms with Gasteiger partial charge in [0.25, 0.3) is 0 Å². The second-order valence-corrected chi connectivity index (χ2v) is 15.7. The van der Waals surface area contributed by atoms with E-state index in [1.807, 2.05) is 12.1 Å². The van der Waals surface area contributed by atoms with Gasteiger partial charge in [-0.3, -0.25) is 0 Å². The largest absolute Gasteiger partial charge is 0.455 e. The first kappa shape index (κ1) is 33.2. The Kier molecular flexibility index (Phi) is 7.55. The van der Waals surface area contributed by atoms with Gasteiger partial charge < -0.3 is 9.32 Å². The van der Waals surface area contributed by atoms with Crippen LogP contribution in [0.3, 0.4) is 0 Å². The Morgan fingerprint density at radius 2 is 0.930 bits per heavy atom. The van der Waals surface area contributed by atoms with E-state index in [2.05, 4.69) is 207 Å². The van der Waals surface area contributed by atoms with Crippen molar-refractivity contribution in [3.63, 3.8) is 0 Å². The third kappa shape index (κ3) is 5.25. The first-order chi connectivity index (χ1) is 28.0. The van der Waals surface area contributed by atoms with E-state index < -0.39 is 0 Å². The van der Waals surface area contributed by atoms with Crippen molar-refractivity contribution in [3.05, 3.63) is 211 Å². The molecule has 0 unspecified atom stereocenters. The van der Waals surface area contributed by atoms with E-state index in [1.54, 1.807) is 0 Å². The van der Waals surface area contributed by atoms with Gasteiger partial charge in [0.05, 0.1) is 5.69 Å². The van der Waals surface area contributed by atoms with Crippen molar-refractivity contribution in [3.8, 4) is 44.5 Å². The average molecular weight is 730 g/mol. The van der Waals surface area contributed by atoms with Crippen LogP contribution >= 0.6 is 0 Å². The first-order valence-electron chi connectivity index (χ1n) is 19.8. The van der Waals surface area contributed by atoms with E-state index in [9.17, 15) is 0 Å². The molecule has 10 aromatic rings. The Morgan fingerprint density at radius 3 is 1.65 bits per heavy atom. The van der Waals surface area contributed by atoms with Gasteiger partial charge in [0.15, 0.2) is 0 Å². The molecule has 0 bridgehead atoms. The van der Waals surface area contributed by atoms with Crippen LogP contribution in [0.15, 0.2) is 205 Å². The lowest BCUT2D eigenvalue weighted by molar-refractivity contribution is 0.666. The Bertz CT molecular complexity index is 3120. The van der Waals surface area contributed by atoms with Crippen LogP contribution in [-0.2, 0) is 5.41 Å². The zero-order chi connectivity index (χ0) is 38.1. The summed E-state index contributed by atoms with van der Waals surface area (Å²) < 4.78 is 6.47. The quantitative estimate of drug-likeness (QED) is 0.169. The predicted molar refractivity (Wildman–Crippen MR) is 240 cm³/mol. The van der Waals surface area contributed by atoms with E-state index in [0.717, 1.165) is 50.1 Å². The topological polar surface area (TPSA) is 16.4 Å². The molecule has 0 N–H and O–H groups in total. The highest BCUT2D eigenvalue weighted by Gasteiger charge is 2.39. The number of hydrogen-bond acceptors (Lipinski definition) is 2. The normalized spacial score (nSPS) is 12.9. The molecule has 1 aromatic heterocycles. The molecule has 1 aliphatic rings. The van der Waals surface area contributed by atoms with E-state index in [0.29, 0.717) is 0 Å². The Morgan fingerprint density at radius 1 is 0.404 bits per heavy atom. The van der Waals surface area contributed by atoms with E-state index in [-0.39, 0.29) is 5.41 Å². The van der Waals surface area contributed by atoms with E-state index >= 15 is 0 Å². The minimum absolute atomic E-state index is 0.185. The molecule has 0 spiro atoms. The van der Waals surface area contributed by atoms with Gasteiger partial charge in [-0.25, -0.2) is 0 Å². The number of para-hydroxylation sites is 2. The van der Waals surface area contributed by atoms with Crippen LogP contribution in [0.4, 0.5) is 17.1 Å². The molecule has 2 nitrogen and oxygen atoms in total. The fourth-order valence-corrected chi connectivity index (χ4v) is 9.39. The molecule has 0 radical (unpaired) electrons. The van der Waals surface area contributed by atoms with Gasteiger partial charge in [-0.2, -0.15) is 0 Å². The zero-order valence-electron chi connectivity index (χ0n) is 31.9. The summed E-state index contributed by atoms with van der Waals surface area (Å²) in [6.07, 6.45) is 0. The number of rotatable bonds is 6. The maximum absolute atomic E-state index is 6.47. The zero-order valence-corrected chi connectivity index (χ0v) is 31.9. The second kappa shape index (κ2) is 13.0. The minimum atomic E-state index is -0.185. The van der Waals surface area contributed by atoms with Gasteiger partial charge in [-0.1, -0.05) is 178 Å². The highest BCUT2D eigenvalue weighted by molar-refractivity contribution is 6.11. The lowest BCUT2D eigenvalue weighted by Gasteiger charge is -2.30. The number of benzene rings is 9. The van der Waals surface area contributed by atoms with Crippen LogP contribution in [0.1, 0.15) is 25.0 Å². The van der Waals surface area contributed by atoms with Gasteiger partial charge in [-0.15, -0.1) is 0 Å². The minimum Gasteiger partial charge on any atom is -0.455 e. The third-order valence-electron chi connectivity index (χ3n) is 12.1. The van der Waals surface area contributed by atoms with Crippen LogP contribution < -0.4 is 4.90 Å². The second-order valence-electron chi connectivity index (χ2n) is 15.7. The van der Waals surface area contributed by atoms with Crippen molar-refractivity contribution in [2.75, 3.05) is 4.90 Å². The monoisotopic (exact) mass is 729 g/mol. The van der Waals surface area contributed by atoms with Crippen molar-refractivity contribution in [2.45, 2.75) is 19.3 Å². The fourth-order valence-electron chi connectivity index (χ4n) is 9.39. The molecular weight excluding hydrogens is 691 g/mol. The summed E-state index contributed by atoms with van der Waals surface area (Å²) in [5.41, 5.74) is 17.4. The Hall–Kier alpha value is -7.16. The summed E-state index contributed by atoms with van der Waals surface area (Å²) >= 11 is 0. The highest BCUT2D eigenvalue weighted by Crippen LogP contribution is 2.57. The van der Waals surface area contributed by atoms with Crippen LogP contribution in [0, 0.1) is 0 Å². The number of fused-ring (bicyclic) bond motifs is 8. The van der Waals surface area contributed by atoms with Crippen molar-refractivity contribution in [1.82, 2.24) is 0 Å². The van der Waals surface area contributed by atoms with Crippen LogP contribution in [0.25, 0.3) is 77.2 Å². The van der Waals surface area contributed by atoms with Crippen LogP contribution in [0.2, 0.25) is 0 Å². The lowest BCUT2D eigenvalue weighted by atomic mass is 9.79. The predicted octanol–water partition coefficient (Wildman–Crippen LogP) is 15.5. The van der Waals surface area contributed by atoms with Gasteiger partial charge in [-0.05, 0) is 91.9 Å². The Balaban J connectivity index is 1.13. The number of nitrogens with zero attached hydrogens (tertiary/aromatic N) is 1. The average Bonchev–Trinajstić information content (AvgIpc) is 3.77. The molecule has 11 rings (SSSR count). The van der Waals surface area contributed by atoms with E-state index in [1.165, 1.54) is 55.3 Å². The molecule has 270 valence electrons. The standard InChI is InChI=1S/C55H39NO/c1-55(2)49-25-14-22-42(38-17-7-4-8-18-38)52(49)48-35-50(44-19-9-10-21-46(44)53(48)55)56(40-31-27-37(28-32-40)36-15-5-3-6-16-36)41-33-29-39(30-34-41)43-23-13-24-47-45-20-11-12-26-51(45)57-54(43)47/h3-35H,1-2H3. The molecule has 0 fully saturated rings. The number of furan rings is 1. The van der Waals surface area contributed by atoms with Gasteiger partial charge in [0.2, 0.25) is 0 Å². The van der Waals surface area contributed by atoms with Gasteiger partial charge in [0.1, 0.15) is 11.2 Å². The Labute approximate surface area is 332 Å². The summed E-state index contributed by atoms with van der Waals surface area (Å²) in [5, 5.41) is 4.78. The maximum atomic E-state index is 6.47. The summed E-state index contributed by atoms with van der Waals surface area (Å²) in [6.45, 7) is 4.78. The fraction of sp³-hybridized carbons (Fsp3) is 0.0545. The number of hydrogen-bond donors (Lipinski definition) is 0. The highest BCUT2D eigenvalue weighted by atomic mass is 16.3. The smallest absolute Gasteiger partial charge is 0.143 e. The third-order valence-corrected chi connectivity index (χ3v) is 12.1. The lowest BCUT2D eigenvalue weighted by Crippen LogP contribution is -2.16. The van der Waals surface area contributed by atoms with Crippen LogP contribution in [-0.4, -0.2) is 0 Å². The molecule has 9 aromatic carbocycles. The van der Waals surface area contributed by atoms with Gasteiger partial charge in [0, 0.05) is 38.5 Å². The first-order valence-corrected chi connectivity index (χ1v) is 19.8. The summed E-state index contributed by atoms with van der Waals surface area (Å²) in [5.74, 6) is 0. The molecule has 1 aliphatic carbocycles. The number of anilines is 3. The van der Waals surface area contributed by atoms with Gasteiger partial charge >= 0.3 is 0 Å². The molecule has 0 amide bonds. The molecule has 0 saturated heterocycles. The molecule has 0 saturated carbocycles. The summed E-state index contributed by atoms with van der Waals surface area (Å²) in [6, 6.07) is 72.5. The summed E-state index contributed by atoms with van der Waals surface area (Å²) in [4.78, 5) is 2.44. The SMILES string of the molecule is CC1(C)c2cccc(-c3ccccc3)c2-c2cc(N(c3ccc(-c4ccccc4)cc3)c3ccc(-c4cccc5c4oc4ccccc45)cc3)c3ccccc3c21. The molecule has 0 atom stereocenters. The van der Waals surface area contributed by atoms with Crippen molar-refractivity contribution in [2.24, 2.45) is 0 Å². The molecule has 1 heterocycles. The van der Waals surface area contributed by atoms with E-state index in [4.69, 9.17) is 4.42 Å². The molecule has 0 aliphatic heterocycles. The maximum Gasteiger partial charge on any atom is 0.143 e. The van der Waals surface area contributed by atoms with Crippen LogP contribution in [0.5, 0.6) is 0 Å².